The van der Waals surface area contributed by atoms with Crippen molar-refractivity contribution in [1.29, 1.82) is 0 Å². The van der Waals surface area contributed by atoms with Crippen LogP contribution in [0.2, 0.25) is 0 Å². The van der Waals surface area contributed by atoms with Crippen molar-refractivity contribution in [1.82, 2.24) is 0 Å². The number of carbonyl (C=O) groups excluding carboxylic acids is 3. The second-order valence-corrected chi connectivity index (χ2v) is 11.2. The van der Waals surface area contributed by atoms with Crippen molar-refractivity contribution in [3.05, 3.63) is 82.2 Å². The molecule has 0 radical (unpaired) electrons. The van der Waals surface area contributed by atoms with Gasteiger partial charge in [0.2, 0.25) is 11.5 Å². The zero-order valence-corrected chi connectivity index (χ0v) is 25.3. The Labute approximate surface area is 267 Å². The highest BCUT2D eigenvalue weighted by atomic mass is 19.4. The molecule has 2 aliphatic heterocycles. The quantitative estimate of drug-likeness (QED) is 0.251. The van der Waals surface area contributed by atoms with E-state index < -0.39 is 99.3 Å². The molecule has 3 aromatic carbocycles. The summed E-state index contributed by atoms with van der Waals surface area (Å²) < 4.78 is 119. The molecule has 0 saturated carbocycles. The van der Waals surface area contributed by atoms with Gasteiger partial charge in [-0.15, -0.1) is 0 Å². The minimum Gasteiger partial charge on any atom is -0.459 e. The number of rotatable bonds is 4. The maximum absolute atomic E-state index is 13.6. The molecule has 0 atom stereocenters. The van der Waals surface area contributed by atoms with Crippen LogP contribution in [-0.4, -0.2) is 36.3 Å². The van der Waals surface area contributed by atoms with E-state index in [4.69, 9.17) is 33.2 Å². The van der Waals surface area contributed by atoms with Crippen LogP contribution in [0.25, 0.3) is 11.3 Å². The lowest BCUT2D eigenvalue weighted by atomic mass is 10.1. The second-order valence-electron chi connectivity index (χ2n) is 11.2. The van der Waals surface area contributed by atoms with E-state index in [1.807, 2.05) is 0 Å². The molecule has 2 saturated heterocycles. The summed E-state index contributed by atoms with van der Waals surface area (Å²) in [6.45, 7) is 4.77. The van der Waals surface area contributed by atoms with Crippen molar-refractivity contribution in [3.63, 3.8) is 0 Å². The molecule has 0 spiro atoms. The third kappa shape index (κ3) is 7.48. The van der Waals surface area contributed by atoms with E-state index in [-0.39, 0.29) is 5.22 Å². The van der Waals surface area contributed by atoms with Gasteiger partial charge >= 0.3 is 30.3 Å². The van der Waals surface area contributed by atoms with Crippen LogP contribution in [0, 0.1) is 0 Å². The first-order valence-electron chi connectivity index (χ1n) is 13.8. The van der Waals surface area contributed by atoms with Gasteiger partial charge in [0.15, 0.2) is 12.4 Å². The highest BCUT2D eigenvalue weighted by Gasteiger charge is 2.41. The molecule has 2 aliphatic rings. The Balaban J connectivity index is 1.85. The van der Waals surface area contributed by atoms with Gasteiger partial charge in [0.25, 0.3) is 5.79 Å². The monoisotopic (exact) mass is 682 g/mol. The Hall–Kier alpha value is -5.25. The molecule has 3 aromatic rings. The van der Waals surface area contributed by atoms with E-state index in [1.54, 1.807) is 0 Å². The van der Waals surface area contributed by atoms with Crippen LogP contribution in [-0.2, 0) is 50.4 Å². The van der Waals surface area contributed by atoms with Crippen molar-refractivity contribution >= 4 is 29.2 Å². The van der Waals surface area contributed by atoms with Gasteiger partial charge in [0.05, 0.1) is 16.3 Å². The molecule has 16 heteroatoms. The van der Waals surface area contributed by atoms with Gasteiger partial charge in [-0.1, -0.05) is 12.1 Å². The van der Waals surface area contributed by atoms with Crippen LogP contribution in [0.4, 0.5) is 26.3 Å². The van der Waals surface area contributed by atoms with Crippen molar-refractivity contribution < 1.29 is 73.9 Å². The van der Waals surface area contributed by atoms with Crippen LogP contribution in [0.15, 0.2) is 60.7 Å². The molecule has 254 valence electrons. The summed E-state index contributed by atoms with van der Waals surface area (Å²) in [5.74, 6) is -9.55. The fraction of sp³-hybridized carbons (Fsp3) is 0.281. The largest absolute Gasteiger partial charge is 0.459 e. The minimum absolute atomic E-state index is 0.257. The van der Waals surface area contributed by atoms with Gasteiger partial charge < -0.3 is 33.2 Å². The Morgan fingerprint density at radius 3 is 1.56 bits per heavy atom. The smallest absolute Gasteiger partial charge is 0.416 e. The molecule has 5 rings (SSSR count). The highest BCUT2D eigenvalue weighted by molar-refractivity contribution is 6.37. The molecule has 2 heterocycles. The summed E-state index contributed by atoms with van der Waals surface area (Å²) in [6, 6.07) is 9.01. The number of benzene rings is 3. The summed E-state index contributed by atoms with van der Waals surface area (Å²) in [4.78, 5) is 39.6. The second kappa shape index (κ2) is 12.1. The number of alkyl halides is 6. The number of hydrogen-bond acceptors (Lipinski definition) is 10. The Kier molecular flexibility index (Phi) is 8.58. The first kappa shape index (κ1) is 34.1. The Morgan fingerprint density at radius 2 is 1.10 bits per heavy atom. The summed E-state index contributed by atoms with van der Waals surface area (Å²) in [5.41, 5.74) is -3.15. The van der Waals surface area contributed by atoms with Gasteiger partial charge in [-0.2, -0.15) is 26.3 Å². The SMILES string of the molecule is CC1(C)OCOC(=c2cc(Oc3cccc(C(F)(F)F)c3)c(=C3C(=O)OC(C)(C)OC3=O)c(Oc3cccc(C(F)(F)F)c3)c2)C(=O)O1. The average Bonchev–Trinajstić information content (AvgIpc) is 3.08. The Bertz CT molecular complexity index is 1820. The number of halogens is 6. The maximum Gasteiger partial charge on any atom is 0.416 e. The first-order chi connectivity index (χ1) is 22.2. The van der Waals surface area contributed by atoms with E-state index >= 15 is 0 Å². The fourth-order valence-electron chi connectivity index (χ4n) is 4.50. The molecule has 0 amide bonds. The molecule has 0 N–H and O–H groups in total. The number of hydrogen-bond donors (Lipinski definition) is 0. The minimum atomic E-state index is -4.81. The summed E-state index contributed by atoms with van der Waals surface area (Å²) in [6.07, 6.45) is -9.61. The first-order valence-corrected chi connectivity index (χ1v) is 13.8. The fourth-order valence-corrected chi connectivity index (χ4v) is 4.50. The predicted octanol–water partition coefficient (Wildman–Crippen LogP) is 5.69. The van der Waals surface area contributed by atoms with Crippen LogP contribution in [0.3, 0.4) is 0 Å². The average molecular weight is 683 g/mol. The molecule has 0 unspecified atom stereocenters. The van der Waals surface area contributed by atoms with Crippen LogP contribution in [0.5, 0.6) is 23.0 Å². The molecule has 2 fully saturated rings. The van der Waals surface area contributed by atoms with E-state index in [1.165, 1.54) is 27.7 Å². The molecule has 0 bridgehead atoms. The van der Waals surface area contributed by atoms with Crippen molar-refractivity contribution in [2.45, 2.75) is 51.6 Å². The molecule has 0 aromatic heterocycles. The molecule has 0 aliphatic carbocycles. The normalized spacial score (nSPS) is 17.8. The van der Waals surface area contributed by atoms with E-state index in [0.29, 0.717) is 12.1 Å². The predicted molar refractivity (Wildman–Crippen MR) is 149 cm³/mol. The zero-order valence-electron chi connectivity index (χ0n) is 25.3. The summed E-state index contributed by atoms with van der Waals surface area (Å²) in [5, 5.41) is -0.856. The summed E-state index contributed by atoms with van der Waals surface area (Å²) in [7, 11) is 0. The van der Waals surface area contributed by atoms with Crippen molar-refractivity contribution in [2.75, 3.05) is 6.79 Å². The van der Waals surface area contributed by atoms with Gasteiger partial charge in [-0.05, 0) is 48.5 Å². The van der Waals surface area contributed by atoms with E-state index in [2.05, 4.69) is 0 Å². The summed E-state index contributed by atoms with van der Waals surface area (Å²) >= 11 is 0. The molecular weight excluding hydrogens is 658 g/mol. The number of ether oxygens (including phenoxy) is 7. The van der Waals surface area contributed by atoms with Crippen LogP contribution < -0.4 is 19.9 Å². The van der Waals surface area contributed by atoms with E-state index in [9.17, 15) is 40.7 Å². The lowest BCUT2D eigenvalue weighted by Crippen LogP contribution is -2.43. The molecular formula is C32H24F6O10. The van der Waals surface area contributed by atoms with Crippen LogP contribution in [0.1, 0.15) is 38.8 Å². The maximum atomic E-state index is 13.6. The highest BCUT2D eigenvalue weighted by Crippen LogP contribution is 2.35. The zero-order chi connectivity index (χ0) is 35.2. The molecule has 48 heavy (non-hydrogen) atoms. The standard InChI is InChI=1S/C32H24F6O10/c1-29(2)43-15-42-25(28(41)48-29)16-11-21(44-19-9-5-7-17(13-19)31(33,34)35)23(24-26(39)46-30(3,4)47-27(24)40)22(12-16)45-20-10-6-8-18(14-20)32(36,37)38/h5-14H,15H2,1-4H3. The number of carbonyl (C=O) groups is 3. The topological polar surface area (TPSA) is 116 Å². The molecule has 10 nitrogen and oxygen atoms in total. The third-order valence-corrected chi connectivity index (χ3v) is 6.58. The van der Waals surface area contributed by atoms with Gasteiger partial charge in [0, 0.05) is 32.9 Å². The van der Waals surface area contributed by atoms with Crippen molar-refractivity contribution in [2.24, 2.45) is 0 Å². The lowest BCUT2D eigenvalue weighted by Gasteiger charge is -2.30. The number of esters is 3. The van der Waals surface area contributed by atoms with Gasteiger partial charge in [-0.3, -0.25) is 0 Å². The van der Waals surface area contributed by atoms with Gasteiger partial charge in [0.1, 0.15) is 23.0 Å². The van der Waals surface area contributed by atoms with Crippen LogP contribution >= 0.6 is 0 Å². The lowest BCUT2D eigenvalue weighted by molar-refractivity contribution is -0.219. The number of cyclic esters (lactones) is 3. The van der Waals surface area contributed by atoms with Crippen molar-refractivity contribution in [3.8, 4) is 23.0 Å². The third-order valence-electron chi connectivity index (χ3n) is 6.58. The van der Waals surface area contributed by atoms with E-state index in [0.717, 1.165) is 48.5 Å². The van der Waals surface area contributed by atoms with Gasteiger partial charge in [-0.25, -0.2) is 14.4 Å². The Morgan fingerprint density at radius 1 is 0.646 bits per heavy atom.